The van der Waals surface area contributed by atoms with Crippen molar-refractivity contribution in [3.05, 3.63) is 23.9 Å². The largest absolute Gasteiger partial charge is 0.370 e. The summed E-state index contributed by atoms with van der Waals surface area (Å²) in [6, 6.07) is 3.66. The molecule has 1 aromatic rings. The van der Waals surface area contributed by atoms with Crippen LogP contribution in [0.5, 0.6) is 0 Å². The van der Waals surface area contributed by atoms with Crippen molar-refractivity contribution in [2.45, 2.75) is 19.8 Å². The van der Waals surface area contributed by atoms with Crippen LogP contribution in [-0.4, -0.2) is 50.6 Å². The lowest BCUT2D eigenvalue weighted by molar-refractivity contribution is 0.239. The number of aryl methyl sites for hydroxylation is 1. The van der Waals surface area contributed by atoms with Crippen molar-refractivity contribution >= 4 is 21.7 Å². The van der Waals surface area contributed by atoms with E-state index in [0.29, 0.717) is 19.5 Å². The maximum absolute atomic E-state index is 11.6. The lowest BCUT2D eigenvalue weighted by Crippen LogP contribution is -2.39. The molecule has 0 aromatic carbocycles. The number of urea groups is 1. The number of amides is 2. The van der Waals surface area contributed by atoms with Crippen molar-refractivity contribution < 1.29 is 13.2 Å². The van der Waals surface area contributed by atoms with Gasteiger partial charge in [0, 0.05) is 25.8 Å². The van der Waals surface area contributed by atoms with E-state index in [4.69, 9.17) is 0 Å². The van der Waals surface area contributed by atoms with Gasteiger partial charge in [0.1, 0.15) is 5.82 Å². The van der Waals surface area contributed by atoms with Gasteiger partial charge in [0.05, 0.1) is 11.5 Å². The molecule has 8 heteroatoms. The molecule has 23 heavy (non-hydrogen) atoms. The molecule has 0 saturated carbocycles. The van der Waals surface area contributed by atoms with Crippen molar-refractivity contribution in [3.63, 3.8) is 0 Å². The number of pyridine rings is 1. The summed E-state index contributed by atoms with van der Waals surface area (Å²) in [6.45, 7) is 3.67. The fourth-order valence-corrected chi connectivity index (χ4v) is 4.27. The predicted octanol–water partition coefficient (Wildman–Crippen LogP) is 0.926. The molecule has 1 atom stereocenters. The highest BCUT2D eigenvalue weighted by Crippen LogP contribution is 2.17. The average molecular weight is 340 g/mol. The Labute approximate surface area is 137 Å². The molecule has 1 saturated heterocycles. The van der Waals surface area contributed by atoms with Crippen molar-refractivity contribution in [3.8, 4) is 0 Å². The summed E-state index contributed by atoms with van der Waals surface area (Å²) in [5.74, 6) is 1.28. The summed E-state index contributed by atoms with van der Waals surface area (Å²) in [5.41, 5.74) is 1.11. The van der Waals surface area contributed by atoms with Crippen LogP contribution in [0.3, 0.4) is 0 Å². The second kappa shape index (κ2) is 8.14. The second-order valence-electron chi connectivity index (χ2n) is 5.91. The molecular formula is C15H24N4O3S. The molecule has 2 amide bonds. The molecule has 0 bridgehead atoms. The van der Waals surface area contributed by atoms with Gasteiger partial charge in [-0.15, -0.1) is 0 Å². The number of rotatable bonds is 7. The number of hydrogen-bond donors (Lipinski definition) is 3. The van der Waals surface area contributed by atoms with Crippen LogP contribution in [0.15, 0.2) is 18.3 Å². The number of hydrogen-bond acceptors (Lipinski definition) is 5. The van der Waals surface area contributed by atoms with E-state index in [2.05, 4.69) is 20.9 Å². The maximum atomic E-state index is 11.6. The fourth-order valence-electron chi connectivity index (χ4n) is 2.41. The molecule has 2 rings (SSSR count). The van der Waals surface area contributed by atoms with Crippen LogP contribution in [0.25, 0.3) is 0 Å². The van der Waals surface area contributed by atoms with Crippen LogP contribution in [0.4, 0.5) is 10.6 Å². The van der Waals surface area contributed by atoms with Gasteiger partial charge in [-0.05, 0) is 37.3 Å². The third-order valence-corrected chi connectivity index (χ3v) is 5.57. The minimum Gasteiger partial charge on any atom is -0.370 e. The number of aromatic nitrogens is 1. The van der Waals surface area contributed by atoms with Crippen LogP contribution in [0, 0.1) is 12.8 Å². The highest BCUT2D eigenvalue weighted by atomic mass is 32.2. The molecule has 7 nitrogen and oxygen atoms in total. The first-order valence-electron chi connectivity index (χ1n) is 7.83. The Balaban J connectivity index is 1.52. The standard InChI is InChI=1S/C15H24N4O3S/c1-12-3-4-14(18-9-12)16-6-2-7-17-15(20)19-10-13-5-8-23(21,22)11-13/h3-4,9,13H,2,5-8,10-11H2,1H3,(H,16,18)(H2,17,19,20)/t13-/m1/s1. The van der Waals surface area contributed by atoms with Gasteiger partial charge in [-0.25, -0.2) is 18.2 Å². The Morgan fingerprint density at radius 2 is 2.13 bits per heavy atom. The zero-order chi connectivity index (χ0) is 16.7. The van der Waals surface area contributed by atoms with E-state index in [0.717, 1.165) is 24.3 Å². The van der Waals surface area contributed by atoms with Crippen molar-refractivity contribution in [2.24, 2.45) is 5.92 Å². The van der Waals surface area contributed by atoms with Crippen LogP contribution < -0.4 is 16.0 Å². The fraction of sp³-hybridized carbons (Fsp3) is 0.600. The van der Waals surface area contributed by atoms with E-state index < -0.39 is 9.84 Å². The summed E-state index contributed by atoms with van der Waals surface area (Å²) >= 11 is 0. The summed E-state index contributed by atoms with van der Waals surface area (Å²) in [7, 11) is -2.88. The minimum absolute atomic E-state index is 0.0417. The molecule has 1 fully saturated rings. The zero-order valence-corrected chi connectivity index (χ0v) is 14.2. The molecule has 0 radical (unpaired) electrons. The number of sulfone groups is 1. The number of anilines is 1. The normalized spacial score (nSPS) is 19.3. The maximum Gasteiger partial charge on any atom is 0.314 e. The first-order valence-corrected chi connectivity index (χ1v) is 9.65. The van der Waals surface area contributed by atoms with Gasteiger partial charge in [0.25, 0.3) is 0 Å². The van der Waals surface area contributed by atoms with E-state index in [9.17, 15) is 13.2 Å². The first kappa shape index (κ1) is 17.5. The van der Waals surface area contributed by atoms with E-state index >= 15 is 0 Å². The predicted molar refractivity (Wildman–Crippen MR) is 90.2 cm³/mol. The zero-order valence-electron chi connectivity index (χ0n) is 13.3. The molecule has 1 aromatic heterocycles. The van der Waals surface area contributed by atoms with Crippen LogP contribution in [-0.2, 0) is 9.84 Å². The lowest BCUT2D eigenvalue weighted by atomic mass is 10.1. The molecule has 0 spiro atoms. The van der Waals surface area contributed by atoms with Gasteiger partial charge in [-0.1, -0.05) is 6.07 Å². The first-order chi connectivity index (χ1) is 10.9. The van der Waals surface area contributed by atoms with Crippen molar-refractivity contribution in [2.75, 3.05) is 36.5 Å². The Kier molecular flexibility index (Phi) is 6.20. The van der Waals surface area contributed by atoms with Gasteiger partial charge in [-0.2, -0.15) is 0 Å². The molecule has 0 unspecified atom stereocenters. The molecule has 1 aliphatic rings. The molecular weight excluding hydrogens is 316 g/mol. The van der Waals surface area contributed by atoms with Crippen LogP contribution >= 0.6 is 0 Å². The van der Waals surface area contributed by atoms with E-state index in [1.54, 1.807) is 6.20 Å². The molecule has 3 N–H and O–H groups in total. The van der Waals surface area contributed by atoms with E-state index in [1.165, 1.54) is 0 Å². The summed E-state index contributed by atoms with van der Waals surface area (Å²) in [6.07, 6.45) is 3.22. The monoisotopic (exact) mass is 340 g/mol. The van der Waals surface area contributed by atoms with Gasteiger partial charge < -0.3 is 16.0 Å². The smallest absolute Gasteiger partial charge is 0.314 e. The van der Waals surface area contributed by atoms with Gasteiger partial charge in [-0.3, -0.25) is 0 Å². The van der Waals surface area contributed by atoms with Gasteiger partial charge >= 0.3 is 6.03 Å². The molecule has 1 aliphatic heterocycles. The summed E-state index contributed by atoms with van der Waals surface area (Å²) < 4.78 is 22.6. The third-order valence-electron chi connectivity index (χ3n) is 3.73. The van der Waals surface area contributed by atoms with Crippen molar-refractivity contribution in [1.82, 2.24) is 15.6 Å². The van der Waals surface area contributed by atoms with Crippen molar-refractivity contribution in [1.29, 1.82) is 0 Å². The SMILES string of the molecule is Cc1ccc(NCCCNC(=O)NC[C@H]2CCS(=O)(=O)C2)nc1. The topological polar surface area (TPSA) is 100 Å². The summed E-state index contributed by atoms with van der Waals surface area (Å²) in [4.78, 5) is 15.9. The highest BCUT2D eigenvalue weighted by molar-refractivity contribution is 7.91. The Morgan fingerprint density at radius 1 is 1.30 bits per heavy atom. The number of nitrogens with zero attached hydrogens (tertiary/aromatic N) is 1. The number of nitrogens with one attached hydrogen (secondary N) is 3. The van der Waals surface area contributed by atoms with Crippen LogP contribution in [0.1, 0.15) is 18.4 Å². The van der Waals surface area contributed by atoms with Gasteiger partial charge in [0.2, 0.25) is 0 Å². The lowest BCUT2D eigenvalue weighted by Gasteiger charge is -2.11. The number of carbonyl (C=O) groups excluding carboxylic acids is 1. The van der Waals surface area contributed by atoms with Gasteiger partial charge in [0.15, 0.2) is 9.84 Å². The highest BCUT2D eigenvalue weighted by Gasteiger charge is 2.27. The minimum atomic E-state index is -2.88. The quantitative estimate of drug-likeness (QED) is 0.641. The molecule has 2 heterocycles. The third kappa shape index (κ3) is 6.43. The summed E-state index contributed by atoms with van der Waals surface area (Å²) in [5, 5.41) is 8.67. The van der Waals surface area contributed by atoms with Crippen LogP contribution in [0.2, 0.25) is 0 Å². The van der Waals surface area contributed by atoms with E-state index in [-0.39, 0.29) is 23.5 Å². The van der Waals surface area contributed by atoms with E-state index in [1.807, 2.05) is 19.1 Å². The number of carbonyl (C=O) groups is 1. The molecule has 0 aliphatic carbocycles. The Bertz CT molecular complexity index is 616. The second-order valence-corrected chi connectivity index (χ2v) is 8.14. The Hall–Kier alpha value is -1.83. The molecule has 128 valence electrons. The average Bonchev–Trinajstić information content (AvgIpc) is 2.86. The Morgan fingerprint density at radius 3 is 2.78 bits per heavy atom.